The molecule has 1 N–H and O–H groups in total. The van der Waals surface area contributed by atoms with Crippen LogP contribution in [0.4, 0.5) is 0 Å². The maximum atomic E-state index is 12.3. The van der Waals surface area contributed by atoms with Crippen molar-refractivity contribution in [3.05, 3.63) is 18.0 Å². The Morgan fingerprint density at radius 2 is 2.14 bits per heavy atom. The molecule has 0 bridgehead atoms. The van der Waals surface area contributed by atoms with Gasteiger partial charge < -0.3 is 14.9 Å². The number of aliphatic hydroxyl groups is 1. The molecule has 6 heteroatoms. The minimum absolute atomic E-state index is 0.136. The van der Waals surface area contributed by atoms with E-state index in [1.54, 1.807) is 0 Å². The standard InChI is InChI=1S/C15H26N4O2/c1-12-4-10-19(16-12)11-7-15(21)18-8-5-13(17(2)3)14(20)6-9-18/h4,10,13-14,20H,5-9,11H2,1-3H3/t13-,14-/m0/s1. The molecule has 118 valence electrons. The number of amides is 1. The third-order valence-corrected chi connectivity index (χ3v) is 4.18. The van der Waals surface area contributed by atoms with Crippen molar-refractivity contribution in [3.63, 3.8) is 0 Å². The second kappa shape index (κ2) is 7.04. The Bertz CT molecular complexity index is 472. The van der Waals surface area contributed by atoms with Crippen LogP contribution in [0.3, 0.4) is 0 Å². The first-order chi connectivity index (χ1) is 9.97. The highest BCUT2D eigenvalue weighted by molar-refractivity contribution is 5.76. The van der Waals surface area contributed by atoms with Crippen molar-refractivity contribution in [1.29, 1.82) is 0 Å². The summed E-state index contributed by atoms with van der Waals surface area (Å²) in [5, 5.41) is 14.4. The van der Waals surface area contributed by atoms with Gasteiger partial charge in [0.25, 0.3) is 0 Å². The number of nitrogens with zero attached hydrogens (tertiary/aromatic N) is 4. The summed E-state index contributed by atoms with van der Waals surface area (Å²) in [5.41, 5.74) is 0.967. The molecule has 0 aromatic carbocycles. The lowest BCUT2D eigenvalue weighted by atomic mass is 10.1. The van der Waals surface area contributed by atoms with Crippen LogP contribution in [0.15, 0.2) is 12.3 Å². The lowest BCUT2D eigenvalue weighted by Gasteiger charge is -2.26. The second-order valence-electron chi connectivity index (χ2n) is 6.03. The van der Waals surface area contributed by atoms with E-state index in [0.29, 0.717) is 25.9 Å². The summed E-state index contributed by atoms with van der Waals surface area (Å²) >= 11 is 0. The van der Waals surface area contributed by atoms with Gasteiger partial charge in [-0.15, -0.1) is 0 Å². The number of hydrogen-bond acceptors (Lipinski definition) is 4. The highest BCUT2D eigenvalue weighted by Crippen LogP contribution is 2.16. The van der Waals surface area contributed by atoms with Gasteiger partial charge >= 0.3 is 0 Å². The van der Waals surface area contributed by atoms with E-state index in [1.165, 1.54) is 0 Å². The molecular formula is C15H26N4O2. The van der Waals surface area contributed by atoms with E-state index in [2.05, 4.69) is 5.10 Å². The molecule has 0 spiro atoms. The van der Waals surface area contributed by atoms with Crippen LogP contribution < -0.4 is 0 Å². The van der Waals surface area contributed by atoms with Gasteiger partial charge in [0.05, 0.1) is 11.8 Å². The van der Waals surface area contributed by atoms with Crippen LogP contribution in [0.2, 0.25) is 0 Å². The molecule has 2 heterocycles. The summed E-state index contributed by atoms with van der Waals surface area (Å²) < 4.78 is 1.81. The third kappa shape index (κ3) is 4.28. The average Bonchev–Trinajstić information content (AvgIpc) is 2.74. The van der Waals surface area contributed by atoms with Gasteiger partial charge in [0.2, 0.25) is 5.91 Å². The first-order valence-corrected chi connectivity index (χ1v) is 7.59. The number of likely N-dealkylation sites (tertiary alicyclic amines) is 1. The van der Waals surface area contributed by atoms with Crippen LogP contribution >= 0.6 is 0 Å². The number of carbonyl (C=O) groups is 1. The molecule has 1 fully saturated rings. The fourth-order valence-corrected chi connectivity index (χ4v) is 2.88. The van der Waals surface area contributed by atoms with Gasteiger partial charge in [-0.2, -0.15) is 5.10 Å². The number of hydrogen-bond donors (Lipinski definition) is 1. The van der Waals surface area contributed by atoms with Crippen LogP contribution in [-0.2, 0) is 11.3 Å². The molecular weight excluding hydrogens is 268 g/mol. The molecule has 2 rings (SSSR count). The summed E-state index contributed by atoms with van der Waals surface area (Å²) in [5.74, 6) is 0.148. The Balaban J connectivity index is 1.85. The number of aryl methyl sites for hydroxylation is 2. The van der Waals surface area contributed by atoms with Gasteiger partial charge in [0, 0.05) is 38.3 Å². The van der Waals surface area contributed by atoms with E-state index >= 15 is 0 Å². The lowest BCUT2D eigenvalue weighted by molar-refractivity contribution is -0.131. The molecule has 1 amide bonds. The molecule has 1 aliphatic heterocycles. The molecule has 1 saturated heterocycles. The van der Waals surface area contributed by atoms with Gasteiger partial charge in [-0.05, 0) is 39.9 Å². The van der Waals surface area contributed by atoms with Crippen LogP contribution in [0, 0.1) is 6.92 Å². The topological polar surface area (TPSA) is 61.6 Å². The van der Waals surface area contributed by atoms with Crippen molar-refractivity contribution in [3.8, 4) is 0 Å². The predicted octanol–water partition coefficient (Wildman–Crippen LogP) is 0.495. The molecule has 1 aliphatic rings. The van der Waals surface area contributed by atoms with Gasteiger partial charge in [-0.1, -0.05) is 0 Å². The SMILES string of the molecule is Cc1ccn(CCC(=O)N2CC[C@H](O)[C@@H](N(C)C)CC2)n1. The highest BCUT2D eigenvalue weighted by Gasteiger charge is 2.27. The Hall–Kier alpha value is -1.40. The fraction of sp³-hybridized carbons (Fsp3) is 0.733. The summed E-state index contributed by atoms with van der Waals surface area (Å²) in [7, 11) is 3.96. The Kier molecular flexibility index (Phi) is 5.36. The average molecular weight is 294 g/mol. The normalized spacial score (nSPS) is 23.4. The maximum Gasteiger partial charge on any atom is 0.224 e. The molecule has 1 aromatic heterocycles. The van der Waals surface area contributed by atoms with Gasteiger partial charge in [0.15, 0.2) is 0 Å². The van der Waals surface area contributed by atoms with E-state index < -0.39 is 0 Å². The van der Waals surface area contributed by atoms with Crippen molar-refractivity contribution in [2.24, 2.45) is 0 Å². The van der Waals surface area contributed by atoms with Crippen molar-refractivity contribution in [2.45, 2.75) is 44.9 Å². The number of aliphatic hydroxyl groups excluding tert-OH is 1. The van der Waals surface area contributed by atoms with Crippen molar-refractivity contribution >= 4 is 5.91 Å². The number of rotatable bonds is 4. The molecule has 6 nitrogen and oxygen atoms in total. The monoisotopic (exact) mass is 294 g/mol. The molecule has 0 unspecified atom stereocenters. The van der Waals surface area contributed by atoms with Crippen molar-refractivity contribution in [2.75, 3.05) is 27.2 Å². The number of carbonyl (C=O) groups excluding carboxylic acids is 1. The van der Waals surface area contributed by atoms with Gasteiger partial charge in [0.1, 0.15) is 0 Å². The Morgan fingerprint density at radius 1 is 1.43 bits per heavy atom. The van der Waals surface area contributed by atoms with E-state index in [9.17, 15) is 9.90 Å². The van der Waals surface area contributed by atoms with E-state index in [1.807, 2.05) is 47.8 Å². The zero-order chi connectivity index (χ0) is 15.4. The van der Waals surface area contributed by atoms with Crippen molar-refractivity contribution in [1.82, 2.24) is 19.6 Å². The molecule has 21 heavy (non-hydrogen) atoms. The summed E-state index contributed by atoms with van der Waals surface area (Å²) in [6.45, 7) is 3.91. The molecule has 0 radical (unpaired) electrons. The van der Waals surface area contributed by atoms with E-state index in [-0.39, 0.29) is 18.1 Å². The van der Waals surface area contributed by atoms with Crippen LogP contribution in [0.5, 0.6) is 0 Å². The zero-order valence-electron chi connectivity index (χ0n) is 13.2. The van der Waals surface area contributed by atoms with Crippen LogP contribution in [-0.4, -0.2) is 69.9 Å². The maximum absolute atomic E-state index is 12.3. The predicted molar refractivity (Wildman–Crippen MR) is 80.9 cm³/mol. The summed E-state index contributed by atoms with van der Waals surface area (Å²) in [4.78, 5) is 16.2. The molecule has 1 aromatic rings. The van der Waals surface area contributed by atoms with Crippen LogP contribution in [0.1, 0.15) is 25.0 Å². The third-order valence-electron chi connectivity index (χ3n) is 4.18. The Morgan fingerprint density at radius 3 is 2.76 bits per heavy atom. The zero-order valence-corrected chi connectivity index (χ0v) is 13.2. The molecule has 0 aliphatic carbocycles. The summed E-state index contributed by atoms with van der Waals surface area (Å²) in [6.07, 6.45) is 3.48. The van der Waals surface area contributed by atoms with Gasteiger partial charge in [-0.25, -0.2) is 0 Å². The highest BCUT2D eigenvalue weighted by atomic mass is 16.3. The minimum atomic E-state index is -0.355. The number of aromatic nitrogens is 2. The van der Waals surface area contributed by atoms with E-state index in [0.717, 1.165) is 18.7 Å². The number of likely N-dealkylation sites (N-methyl/N-ethyl adjacent to an activating group) is 1. The molecule has 2 atom stereocenters. The summed E-state index contributed by atoms with van der Waals surface area (Å²) in [6, 6.07) is 2.07. The van der Waals surface area contributed by atoms with Crippen LogP contribution in [0.25, 0.3) is 0 Å². The fourth-order valence-electron chi connectivity index (χ4n) is 2.88. The first kappa shape index (κ1) is 16.0. The Labute approximate surface area is 126 Å². The molecule has 0 saturated carbocycles. The van der Waals surface area contributed by atoms with Gasteiger partial charge in [-0.3, -0.25) is 9.48 Å². The largest absolute Gasteiger partial charge is 0.391 e. The first-order valence-electron chi connectivity index (χ1n) is 7.59. The minimum Gasteiger partial charge on any atom is -0.391 e. The smallest absolute Gasteiger partial charge is 0.224 e. The quantitative estimate of drug-likeness (QED) is 0.878. The second-order valence-corrected chi connectivity index (χ2v) is 6.03. The van der Waals surface area contributed by atoms with E-state index in [4.69, 9.17) is 0 Å². The van der Waals surface area contributed by atoms with Crippen molar-refractivity contribution < 1.29 is 9.90 Å². The lowest BCUT2D eigenvalue weighted by Crippen LogP contribution is -2.38.